The molecule has 0 saturated carbocycles. The molecule has 5 aromatic rings. The van der Waals surface area contributed by atoms with Gasteiger partial charge in [-0.05, 0) is 30.7 Å². The molecule has 0 bridgehead atoms. The summed E-state index contributed by atoms with van der Waals surface area (Å²) in [5.41, 5.74) is 1.27. The number of piperazine rings is 1. The average molecular weight is 695 g/mol. The number of H-pyrrole nitrogens is 1. The molecule has 0 spiro atoms. The number of aromatic nitrogens is 8. The molecule has 6 heterocycles. The number of hydrogen-bond donors (Lipinski definition) is 1. The zero-order chi connectivity index (χ0) is 34.3. The molecule has 2 aliphatic rings. The molecule has 251 valence electrons. The minimum atomic E-state index is -4.69. The molecule has 2 aliphatic heterocycles. The van der Waals surface area contributed by atoms with E-state index in [2.05, 4.69) is 40.4 Å². The SMILES string of the molecule is N#Cc1ccc(COc2ccc(F)c(N3CCN(Cc4nc5cc(-c6n[nH]c(C(F)(F)F)n6)nnc5n4C[C@]4([Si])CCO4)CC3)n2)c(F)c1. The fourth-order valence-corrected chi connectivity index (χ4v) is 5.88. The highest BCUT2D eigenvalue weighted by Gasteiger charge is 2.37. The van der Waals surface area contributed by atoms with Crippen LogP contribution in [0.25, 0.3) is 22.7 Å². The second-order valence-corrected chi connectivity index (χ2v) is 12.5. The summed E-state index contributed by atoms with van der Waals surface area (Å²) in [6, 6.07) is 10.0. The Bertz CT molecular complexity index is 2050. The smallest absolute Gasteiger partial charge is 0.451 e. The highest BCUT2D eigenvalue weighted by Crippen LogP contribution is 2.30. The zero-order valence-electron chi connectivity index (χ0n) is 25.5. The number of benzene rings is 1. The first-order valence-electron chi connectivity index (χ1n) is 15.0. The predicted octanol–water partition coefficient (Wildman–Crippen LogP) is 3.36. The fraction of sp³-hybridized carbons (Fsp3) is 0.367. The van der Waals surface area contributed by atoms with E-state index in [1.165, 1.54) is 30.3 Å². The van der Waals surface area contributed by atoms with Crippen LogP contribution in [0.2, 0.25) is 0 Å². The number of imidazole rings is 1. The topological polar surface area (TPSA) is 147 Å². The van der Waals surface area contributed by atoms with Crippen LogP contribution in [0.1, 0.15) is 29.2 Å². The molecule has 1 atom stereocenters. The number of nitriles is 1. The van der Waals surface area contributed by atoms with Crippen LogP contribution in [0.5, 0.6) is 5.88 Å². The molecule has 2 fully saturated rings. The lowest BCUT2D eigenvalue weighted by atomic mass is 10.1. The number of hydrogen-bond acceptors (Lipinski definition) is 11. The Morgan fingerprint density at radius 2 is 1.82 bits per heavy atom. The minimum Gasteiger partial charge on any atom is -0.473 e. The molecule has 0 aliphatic carbocycles. The molecule has 1 aromatic carbocycles. The maximum Gasteiger partial charge on any atom is 0.451 e. The Morgan fingerprint density at radius 1 is 1.02 bits per heavy atom. The van der Waals surface area contributed by atoms with Crippen molar-refractivity contribution in [2.75, 3.05) is 37.7 Å². The van der Waals surface area contributed by atoms with Crippen LogP contribution in [-0.2, 0) is 30.6 Å². The van der Waals surface area contributed by atoms with Crippen LogP contribution >= 0.6 is 0 Å². The lowest BCUT2D eigenvalue weighted by molar-refractivity contribution is -0.144. The molecule has 19 heteroatoms. The van der Waals surface area contributed by atoms with E-state index in [0.717, 1.165) is 12.5 Å². The lowest BCUT2D eigenvalue weighted by Crippen LogP contribution is -2.49. The van der Waals surface area contributed by atoms with Gasteiger partial charge in [-0.15, -0.1) is 10.2 Å². The number of nitrogens with one attached hydrogen (secondary N) is 1. The number of halogens is 5. The summed E-state index contributed by atoms with van der Waals surface area (Å²) in [6.07, 6.45) is -3.95. The number of alkyl halides is 3. The summed E-state index contributed by atoms with van der Waals surface area (Å²) in [6.45, 7) is 3.08. The Labute approximate surface area is 278 Å². The molecule has 7 rings (SSSR count). The van der Waals surface area contributed by atoms with Crippen molar-refractivity contribution < 1.29 is 31.4 Å². The number of aromatic amines is 1. The van der Waals surface area contributed by atoms with E-state index >= 15 is 0 Å². The second-order valence-electron chi connectivity index (χ2n) is 11.6. The van der Waals surface area contributed by atoms with Gasteiger partial charge in [-0.1, -0.05) is 6.07 Å². The monoisotopic (exact) mass is 694 g/mol. The molecule has 1 N–H and O–H groups in total. The van der Waals surface area contributed by atoms with Crippen molar-refractivity contribution >= 4 is 27.2 Å². The van der Waals surface area contributed by atoms with Gasteiger partial charge in [0.1, 0.15) is 29.5 Å². The highest BCUT2D eigenvalue weighted by atomic mass is 28.1. The third-order valence-corrected chi connectivity index (χ3v) is 8.80. The van der Waals surface area contributed by atoms with E-state index in [1.54, 1.807) is 4.90 Å². The molecule has 13 nitrogen and oxygen atoms in total. The maximum absolute atomic E-state index is 14.9. The maximum atomic E-state index is 14.9. The van der Waals surface area contributed by atoms with E-state index in [9.17, 15) is 22.0 Å². The zero-order valence-corrected chi connectivity index (χ0v) is 26.5. The second kappa shape index (κ2) is 12.8. The van der Waals surface area contributed by atoms with E-state index in [-0.39, 0.29) is 40.9 Å². The van der Waals surface area contributed by atoms with E-state index in [4.69, 9.17) is 19.7 Å². The van der Waals surface area contributed by atoms with Gasteiger partial charge in [-0.2, -0.15) is 28.5 Å². The number of nitrogens with zero attached hydrogens (tertiary/aromatic N) is 10. The van der Waals surface area contributed by atoms with Crippen LogP contribution in [0, 0.1) is 23.0 Å². The van der Waals surface area contributed by atoms with Crippen molar-refractivity contribution in [2.24, 2.45) is 0 Å². The Balaban J connectivity index is 1.05. The Hall–Kier alpha value is -5.06. The number of pyridine rings is 1. The molecule has 3 radical (unpaired) electrons. The first kappa shape index (κ1) is 32.5. The van der Waals surface area contributed by atoms with E-state index in [0.29, 0.717) is 62.9 Å². The largest absolute Gasteiger partial charge is 0.473 e. The normalized spacial score (nSPS) is 18.4. The average Bonchev–Trinajstić information content (AvgIpc) is 3.70. The van der Waals surface area contributed by atoms with Gasteiger partial charge >= 0.3 is 6.18 Å². The first-order valence-corrected chi connectivity index (χ1v) is 15.5. The van der Waals surface area contributed by atoms with E-state index < -0.39 is 28.9 Å². The number of rotatable bonds is 9. The van der Waals surface area contributed by atoms with Gasteiger partial charge in [0.2, 0.25) is 17.5 Å². The summed E-state index contributed by atoms with van der Waals surface area (Å²) in [5.74, 6) is -1.76. The molecular formula is C30H25F5N11O2Si. The Kier molecular flexibility index (Phi) is 8.46. The van der Waals surface area contributed by atoms with Crippen molar-refractivity contribution in [2.45, 2.75) is 37.5 Å². The van der Waals surface area contributed by atoms with Crippen molar-refractivity contribution in [1.29, 1.82) is 5.26 Å². The van der Waals surface area contributed by atoms with Gasteiger partial charge in [0.05, 0.1) is 40.2 Å². The third-order valence-electron chi connectivity index (χ3n) is 8.25. The standard InChI is InChI=1S/C30H25F5N11O2Si/c31-19-3-4-24(47-15-18-2-1-17(13-36)11-20(18)32)38-26(19)45-8-6-44(7-9-45)14-23-37-22-12-21(25-39-28(43-41-25)30(33,34)35)40-42-27(22)46(23)16-29(49)5-10-48-29/h1-4,11-12H,5-10,14-16H2,(H,39,41,43)/t29-/m1/s1. The fourth-order valence-electron chi connectivity index (χ4n) is 5.52. The van der Waals surface area contributed by atoms with Crippen LogP contribution in [-0.4, -0.2) is 93.1 Å². The van der Waals surface area contributed by atoms with Crippen molar-refractivity contribution in [1.82, 2.24) is 44.8 Å². The number of anilines is 1. The number of ether oxygens (including phenoxy) is 2. The Morgan fingerprint density at radius 3 is 2.49 bits per heavy atom. The van der Waals surface area contributed by atoms with Crippen LogP contribution in [0.4, 0.5) is 27.8 Å². The summed E-state index contributed by atoms with van der Waals surface area (Å²) in [7, 11) is 3.69. The number of fused-ring (bicyclic) bond motifs is 1. The molecule has 0 amide bonds. The van der Waals surface area contributed by atoms with Gasteiger partial charge in [-0.3, -0.25) is 10.00 Å². The minimum absolute atomic E-state index is 0.0276. The van der Waals surface area contributed by atoms with Gasteiger partial charge < -0.3 is 18.9 Å². The molecule has 49 heavy (non-hydrogen) atoms. The lowest BCUT2D eigenvalue weighted by Gasteiger charge is -2.39. The van der Waals surface area contributed by atoms with Gasteiger partial charge in [-0.25, -0.2) is 18.7 Å². The third kappa shape index (κ3) is 6.79. The summed E-state index contributed by atoms with van der Waals surface area (Å²) in [4.78, 5) is 16.5. The van der Waals surface area contributed by atoms with Crippen LogP contribution in [0.3, 0.4) is 0 Å². The van der Waals surface area contributed by atoms with Crippen molar-refractivity contribution in [3.05, 3.63) is 70.8 Å². The van der Waals surface area contributed by atoms with Gasteiger partial charge in [0.25, 0.3) is 0 Å². The summed E-state index contributed by atoms with van der Waals surface area (Å²) < 4.78 is 81.7. The first-order chi connectivity index (χ1) is 23.5. The summed E-state index contributed by atoms with van der Waals surface area (Å²) >= 11 is 0. The van der Waals surface area contributed by atoms with Crippen molar-refractivity contribution in [3.63, 3.8) is 0 Å². The van der Waals surface area contributed by atoms with Crippen LogP contribution in [0.15, 0.2) is 36.4 Å². The molecule has 2 saturated heterocycles. The predicted molar refractivity (Wildman–Crippen MR) is 162 cm³/mol. The molecular weight excluding hydrogens is 669 g/mol. The molecule has 4 aromatic heterocycles. The quantitative estimate of drug-likeness (QED) is 0.179. The van der Waals surface area contributed by atoms with Crippen LogP contribution < -0.4 is 9.64 Å². The summed E-state index contributed by atoms with van der Waals surface area (Å²) in [5, 5.41) is 22.2. The van der Waals surface area contributed by atoms with Gasteiger partial charge in [0.15, 0.2) is 17.3 Å². The van der Waals surface area contributed by atoms with Crippen molar-refractivity contribution in [3.8, 4) is 23.5 Å². The van der Waals surface area contributed by atoms with Gasteiger partial charge in [0, 0.05) is 44.4 Å². The highest BCUT2D eigenvalue weighted by molar-refractivity contribution is 6.15. The van der Waals surface area contributed by atoms with E-state index in [1.807, 2.05) is 15.7 Å². The molecule has 0 unspecified atom stereocenters.